The Morgan fingerprint density at radius 1 is 1.19 bits per heavy atom. The number of nitrogens with zero attached hydrogens (tertiary/aromatic N) is 1. The Bertz CT molecular complexity index is 511. The van der Waals surface area contributed by atoms with E-state index in [1.165, 1.54) is 17.9 Å². The molecule has 0 N–H and O–H groups in total. The summed E-state index contributed by atoms with van der Waals surface area (Å²) in [6, 6.07) is 9.97. The topological polar surface area (TPSA) is 20.3 Å². The highest BCUT2D eigenvalue weighted by molar-refractivity contribution is 8.17. The molecule has 0 spiro atoms. The number of carbonyl (C=O) groups excluding carboxylic acids is 1. The molecule has 1 aliphatic carbocycles. The number of thioether (sulfide) groups is 2. The van der Waals surface area contributed by atoms with Gasteiger partial charge in [0.2, 0.25) is 5.91 Å². The van der Waals surface area contributed by atoms with Crippen molar-refractivity contribution >= 4 is 35.1 Å². The van der Waals surface area contributed by atoms with Crippen LogP contribution in [-0.2, 0) is 4.79 Å². The lowest BCUT2D eigenvalue weighted by Gasteiger charge is -2.22. The van der Waals surface area contributed by atoms with E-state index in [4.69, 9.17) is 0 Å². The van der Waals surface area contributed by atoms with Gasteiger partial charge in [-0.2, -0.15) is 0 Å². The third kappa shape index (κ3) is 2.85. The van der Waals surface area contributed by atoms with E-state index in [2.05, 4.69) is 37.4 Å². The summed E-state index contributed by atoms with van der Waals surface area (Å²) >= 11 is 4.11. The second kappa shape index (κ2) is 5.88. The van der Waals surface area contributed by atoms with Crippen LogP contribution < -0.4 is 4.90 Å². The van der Waals surface area contributed by atoms with Crippen molar-refractivity contribution in [2.45, 2.75) is 24.9 Å². The van der Waals surface area contributed by atoms with Crippen LogP contribution >= 0.6 is 23.5 Å². The first-order chi connectivity index (χ1) is 10.0. The van der Waals surface area contributed by atoms with Crippen molar-refractivity contribution in [3.63, 3.8) is 0 Å². The molecule has 0 unspecified atom stereocenters. The molecule has 1 heterocycles. The molecule has 0 aromatic heterocycles. The van der Waals surface area contributed by atoms with Crippen LogP contribution in [0.4, 0.5) is 5.69 Å². The highest BCUT2D eigenvalue weighted by atomic mass is 32.2. The Labute approximate surface area is 136 Å². The van der Waals surface area contributed by atoms with Crippen LogP contribution in [0.2, 0.25) is 0 Å². The van der Waals surface area contributed by atoms with Crippen LogP contribution in [-0.4, -0.2) is 29.0 Å². The molecule has 2 aliphatic rings. The first-order valence-electron chi connectivity index (χ1n) is 7.59. The van der Waals surface area contributed by atoms with Gasteiger partial charge in [0, 0.05) is 18.7 Å². The summed E-state index contributed by atoms with van der Waals surface area (Å²) in [6.45, 7) is 4.52. The fourth-order valence-electron chi connectivity index (χ4n) is 3.36. The Morgan fingerprint density at radius 2 is 1.81 bits per heavy atom. The zero-order valence-corrected chi connectivity index (χ0v) is 14.5. The minimum absolute atomic E-state index is 0.141. The monoisotopic (exact) mass is 321 g/mol. The minimum atomic E-state index is 0.141. The van der Waals surface area contributed by atoms with E-state index in [1.54, 1.807) is 0 Å². The van der Waals surface area contributed by atoms with Gasteiger partial charge in [0.05, 0.1) is 4.58 Å². The Morgan fingerprint density at radius 3 is 2.43 bits per heavy atom. The van der Waals surface area contributed by atoms with Gasteiger partial charge in [0.15, 0.2) is 0 Å². The average molecular weight is 322 g/mol. The summed E-state index contributed by atoms with van der Waals surface area (Å²) < 4.78 is 0.604. The molecule has 1 aromatic rings. The maximum atomic E-state index is 12.9. The number of amides is 1. The molecule has 3 rings (SSSR count). The summed E-state index contributed by atoms with van der Waals surface area (Å²) in [5.74, 6) is 3.47. The highest BCUT2D eigenvalue weighted by Gasteiger charge is 2.65. The SMILES string of the molecule is CN(C(=O)[C@@H]1[C@H](C2SCCCS2)C1(C)C)c1ccccc1. The normalized spacial score (nSPS) is 28.1. The molecule has 0 bridgehead atoms. The predicted molar refractivity (Wildman–Crippen MR) is 93.9 cm³/mol. The first-order valence-corrected chi connectivity index (χ1v) is 9.69. The van der Waals surface area contributed by atoms with Crippen molar-refractivity contribution in [2.75, 3.05) is 23.5 Å². The van der Waals surface area contributed by atoms with Crippen LogP contribution in [0.3, 0.4) is 0 Å². The molecular weight excluding hydrogens is 298 g/mol. The molecule has 1 amide bonds. The molecule has 2 fully saturated rings. The van der Waals surface area contributed by atoms with Crippen LogP contribution in [0, 0.1) is 17.3 Å². The van der Waals surface area contributed by atoms with Gasteiger partial charge in [0.1, 0.15) is 0 Å². The van der Waals surface area contributed by atoms with E-state index in [1.807, 2.05) is 42.3 Å². The van der Waals surface area contributed by atoms with Gasteiger partial charge in [-0.1, -0.05) is 32.0 Å². The number of rotatable bonds is 3. The number of hydrogen-bond acceptors (Lipinski definition) is 3. The summed E-state index contributed by atoms with van der Waals surface area (Å²) in [5.41, 5.74) is 1.13. The molecule has 2 nitrogen and oxygen atoms in total. The maximum absolute atomic E-state index is 12.9. The molecule has 1 aromatic carbocycles. The van der Waals surface area contributed by atoms with Crippen LogP contribution in [0.5, 0.6) is 0 Å². The lowest BCUT2D eigenvalue weighted by atomic mass is 10.1. The number of hydrogen-bond donors (Lipinski definition) is 0. The second-order valence-corrected chi connectivity index (χ2v) is 9.32. The third-order valence-corrected chi connectivity index (χ3v) is 7.91. The smallest absolute Gasteiger partial charge is 0.230 e. The highest BCUT2D eigenvalue weighted by Crippen LogP contribution is 2.65. The Balaban J connectivity index is 1.73. The fraction of sp³-hybridized carbons (Fsp3) is 0.588. The molecule has 1 aliphatic heterocycles. The van der Waals surface area contributed by atoms with E-state index in [0.717, 1.165) is 5.69 Å². The van der Waals surface area contributed by atoms with Crippen molar-refractivity contribution in [1.29, 1.82) is 0 Å². The summed E-state index contributed by atoms with van der Waals surface area (Å²) in [7, 11) is 1.91. The van der Waals surface area contributed by atoms with Gasteiger partial charge in [-0.3, -0.25) is 4.79 Å². The zero-order valence-electron chi connectivity index (χ0n) is 12.9. The lowest BCUT2D eigenvalue weighted by Crippen LogP contribution is -2.29. The molecule has 1 saturated carbocycles. The molecular formula is C17H23NOS2. The van der Waals surface area contributed by atoms with E-state index in [9.17, 15) is 4.79 Å². The van der Waals surface area contributed by atoms with Gasteiger partial charge >= 0.3 is 0 Å². The molecule has 114 valence electrons. The van der Waals surface area contributed by atoms with Crippen molar-refractivity contribution in [3.05, 3.63) is 30.3 Å². The van der Waals surface area contributed by atoms with Gasteiger partial charge < -0.3 is 4.90 Å². The summed E-state index contributed by atoms with van der Waals surface area (Å²) in [5, 5.41) is 0. The van der Waals surface area contributed by atoms with Crippen molar-refractivity contribution < 1.29 is 4.79 Å². The maximum Gasteiger partial charge on any atom is 0.230 e. The average Bonchev–Trinajstić information content (AvgIpc) is 3.10. The predicted octanol–water partition coefficient (Wildman–Crippen LogP) is 4.12. The number of benzene rings is 1. The number of carbonyl (C=O) groups is 1. The van der Waals surface area contributed by atoms with Gasteiger partial charge in [-0.15, -0.1) is 23.5 Å². The molecule has 4 heteroatoms. The van der Waals surface area contributed by atoms with E-state index >= 15 is 0 Å². The first kappa shape index (κ1) is 15.3. The van der Waals surface area contributed by atoms with Crippen molar-refractivity contribution in [1.82, 2.24) is 0 Å². The summed E-state index contributed by atoms with van der Waals surface area (Å²) in [4.78, 5) is 14.7. The Kier molecular flexibility index (Phi) is 4.28. The minimum Gasteiger partial charge on any atom is -0.315 e. The zero-order chi connectivity index (χ0) is 15.0. The molecule has 2 atom stereocenters. The standard InChI is InChI=1S/C17H23NOS2/c1-17(2)13(14(17)16-20-10-7-11-21-16)15(19)18(3)12-8-5-4-6-9-12/h4-6,8-9,13-14,16H,7,10-11H2,1-3H3/t13-,14+/m0/s1. The van der Waals surface area contributed by atoms with Gasteiger partial charge in [-0.05, 0) is 41.4 Å². The summed E-state index contributed by atoms with van der Waals surface area (Å²) in [6.07, 6.45) is 1.31. The molecule has 21 heavy (non-hydrogen) atoms. The number of para-hydroxylation sites is 1. The van der Waals surface area contributed by atoms with E-state index in [0.29, 0.717) is 10.5 Å². The fourth-order valence-corrected chi connectivity index (χ4v) is 7.02. The van der Waals surface area contributed by atoms with Crippen molar-refractivity contribution in [2.24, 2.45) is 17.3 Å². The second-order valence-electron chi connectivity index (χ2n) is 6.52. The van der Waals surface area contributed by atoms with E-state index in [-0.39, 0.29) is 17.2 Å². The molecule has 0 radical (unpaired) electrons. The van der Waals surface area contributed by atoms with E-state index < -0.39 is 0 Å². The van der Waals surface area contributed by atoms with Gasteiger partial charge in [-0.25, -0.2) is 0 Å². The Hall–Kier alpha value is -0.610. The van der Waals surface area contributed by atoms with Gasteiger partial charge in [0.25, 0.3) is 0 Å². The van der Waals surface area contributed by atoms with Crippen LogP contribution in [0.1, 0.15) is 20.3 Å². The quantitative estimate of drug-likeness (QED) is 0.835. The third-order valence-electron chi connectivity index (χ3n) is 4.80. The number of anilines is 1. The largest absolute Gasteiger partial charge is 0.315 e. The molecule has 1 saturated heterocycles. The lowest BCUT2D eigenvalue weighted by molar-refractivity contribution is -0.120. The van der Waals surface area contributed by atoms with Crippen molar-refractivity contribution in [3.8, 4) is 0 Å². The van der Waals surface area contributed by atoms with Crippen LogP contribution in [0.15, 0.2) is 30.3 Å². The van der Waals surface area contributed by atoms with Crippen LogP contribution in [0.25, 0.3) is 0 Å².